The first-order chi connectivity index (χ1) is 15.3. The van der Waals surface area contributed by atoms with Gasteiger partial charge in [-0.15, -0.1) is 0 Å². The summed E-state index contributed by atoms with van der Waals surface area (Å²) in [6, 6.07) is 13.8. The summed E-state index contributed by atoms with van der Waals surface area (Å²) < 4.78 is 48.7. The molecule has 0 radical (unpaired) electrons. The molecule has 3 rings (SSSR count). The first-order valence-corrected chi connectivity index (χ1v) is 9.87. The molecular weight excluding hydrogens is 425 g/mol. The maximum atomic E-state index is 12.6. The number of benzene rings is 2. The molecule has 0 aliphatic rings. The minimum atomic E-state index is -4.44. The first-order valence-electron chi connectivity index (χ1n) is 9.87. The predicted octanol–water partition coefficient (Wildman–Crippen LogP) is 3.72. The highest BCUT2D eigenvalue weighted by Gasteiger charge is 2.29. The molecule has 1 amide bonds. The van der Waals surface area contributed by atoms with E-state index >= 15 is 0 Å². The second-order valence-corrected chi connectivity index (χ2v) is 7.04. The molecule has 0 saturated carbocycles. The van der Waals surface area contributed by atoms with Crippen LogP contribution in [0.4, 0.5) is 13.2 Å². The van der Waals surface area contributed by atoms with Crippen molar-refractivity contribution in [1.82, 2.24) is 20.1 Å². The van der Waals surface area contributed by atoms with Crippen LogP contribution in [-0.2, 0) is 17.8 Å². The van der Waals surface area contributed by atoms with Gasteiger partial charge in [0.2, 0.25) is 5.91 Å². The van der Waals surface area contributed by atoms with Gasteiger partial charge in [0.15, 0.2) is 18.1 Å². The van der Waals surface area contributed by atoms with Crippen molar-refractivity contribution >= 4 is 5.91 Å². The topological polar surface area (TPSA) is 78.3 Å². The standard InChI is InChI=1S/C22H23F3N4O3/c1-31-20-11-16(7-9-19(20)32-13-22(23,24)25)8-10-21(30)28-18(12-29-15-26-14-27-29)17-5-3-2-4-6-17/h2-7,9,11,14-15,18H,8,10,12-13H2,1H3,(H,28,30). The van der Waals surface area contributed by atoms with E-state index in [9.17, 15) is 18.0 Å². The molecule has 1 unspecified atom stereocenters. The van der Waals surface area contributed by atoms with Crippen LogP contribution in [0.3, 0.4) is 0 Å². The SMILES string of the molecule is COc1cc(CCC(=O)NC(Cn2cncn2)c2ccccc2)ccc1OCC(F)(F)F. The Bertz CT molecular complexity index is 995. The van der Waals surface area contributed by atoms with Gasteiger partial charge < -0.3 is 14.8 Å². The molecule has 0 spiro atoms. The van der Waals surface area contributed by atoms with Crippen molar-refractivity contribution in [2.75, 3.05) is 13.7 Å². The van der Waals surface area contributed by atoms with Gasteiger partial charge in [0.1, 0.15) is 12.7 Å². The van der Waals surface area contributed by atoms with Crippen molar-refractivity contribution in [3.05, 3.63) is 72.3 Å². The number of nitrogens with zero attached hydrogens (tertiary/aromatic N) is 3. The van der Waals surface area contributed by atoms with Gasteiger partial charge in [-0.25, -0.2) is 4.98 Å². The number of halogens is 3. The number of methoxy groups -OCH3 is 1. The highest BCUT2D eigenvalue weighted by Crippen LogP contribution is 2.30. The molecule has 0 aliphatic heterocycles. The van der Waals surface area contributed by atoms with Crippen LogP contribution in [-0.4, -0.2) is 40.6 Å². The number of carbonyl (C=O) groups excluding carboxylic acids is 1. The summed E-state index contributed by atoms with van der Waals surface area (Å²) >= 11 is 0. The maximum Gasteiger partial charge on any atom is 0.422 e. The van der Waals surface area contributed by atoms with Gasteiger partial charge in [0, 0.05) is 6.42 Å². The van der Waals surface area contributed by atoms with Crippen LogP contribution in [0.25, 0.3) is 0 Å². The van der Waals surface area contributed by atoms with Crippen molar-refractivity contribution in [3.63, 3.8) is 0 Å². The summed E-state index contributed by atoms with van der Waals surface area (Å²) in [7, 11) is 1.35. The zero-order chi connectivity index (χ0) is 23.0. The van der Waals surface area contributed by atoms with Crippen molar-refractivity contribution < 1.29 is 27.4 Å². The van der Waals surface area contributed by atoms with Crippen LogP contribution >= 0.6 is 0 Å². The predicted molar refractivity (Wildman–Crippen MR) is 110 cm³/mol. The zero-order valence-electron chi connectivity index (χ0n) is 17.4. The summed E-state index contributed by atoms with van der Waals surface area (Å²) in [5, 5.41) is 7.11. The van der Waals surface area contributed by atoms with Crippen LogP contribution in [0.2, 0.25) is 0 Å². The van der Waals surface area contributed by atoms with Crippen LogP contribution in [0.5, 0.6) is 11.5 Å². The molecule has 2 aromatic carbocycles. The third kappa shape index (κ3) is 7.00. The third-order valence-corrected chi connectivity index (χ3v) is 4.63. The van der Waals surface area contributed by atoms with Gasteiger partial charge in [0.25, 0.3) is 0 Å². The van der Waals surface area contributed by atoms with E-state index in [1.165, 1.54) is 19.5 Å². The van der Waals surface area contributed by atoms with E-state index in [1.807, 2.05) is 30.3 Å². The Kier molecular flexibility index (Phi) is 7.69. The molecule has 1 aromatic heterocycles. The number of alkyl halides is 3. The maximum absolute atomic E-state index is 12.6. The summed E-state index contributed by atoms with van der Waals surface area (Å²) in [6.45, 7) is -0.980. The van der Waals surface area contributed by atoms with Gasteiger partial charge >= 0.3 is 6.18 Å². The molecule has 0 saturated heterocycles. The minimum Gasteiger partial charge on any atom is -0.493 e. The number of carbonyl (C=O) groups is 1. The fourth-order valence-corrected chi connectivity index (χ4v) is 3.10. The molecule has 170 valence electrons. The van der Waals surface area contributed by atoms with E-state index in [1.54, 1.807) is 23.1 Å². The number of hydrogen-bond acceptors (Lipinski definition) is 5. The van der Waals surface area contributed by atoms with Gasteiger partial charge in [-0.05, 0) is 29.7 Å². The summed E-state index contributed by atoms with van der Waals surface area (Å²) in [4.78, 5) is 16.6. The molecule has 0 bridgehead atoms. The molecule has 0 fully saturated rings. The van der Waals surface area contributed by atoms with E-state index in [-0.39, 0.29) is 29.9 Å². The Morgan fingerprint density at radius 3 is 2.59 bits per heavy atom. The normalized spacial score (nSPS) is 12.2. The number of aryl methyl sites for hydroxylation is 1. The lowest BCUT2D eigenvalue weighted by Crippen LogP contribution is -2.31. The Balaban J connectivity index is 1.61. The van der Waals surface area contributed by atoms with Gasteiger partial charge in [0.05, 0.1) is 19.7 Å². The van der Waals surface area contributed by atoms with Gasteiger partial charge in [-0.2, -0.15) is 18.3 Å². The second kappa shape index (κ2) is 10.7. The molecule has 3 aromatic rings. The Hall–Kier alpha value is -3.56. The number of ether oxygens (including phenoxy) is 2. The Labute approximate surface area is 183 Å². The largest absolute Gasteiger partial charge is 0.493 e. The Morgan fingerprint density at radius 2 is 1.94 bits per heavy atom. The van der Waals surface area contributed by atoms with Crippen molar-refractivity contribution in [1.29, 1.82) is 0 Å². The number of nitrogens with one attached hydrogen (secondary N) is 1. The average molecular weight is 448 g/mol. The lowest BCUT2D eigenvalue weighted by atomic mass is 10.1. The fourth-order valence-electron chi connectivity index (χ4n) is 3.10. The van der Waals surface area contributed by atoms with Crippen molar-refractivity contribution in [2.45, 2.75) is 31.6 Å². The molecule has 32 heavy (non-hydrogen) atoms. The highest BCUT2D eigenvalue weighted by molar-refractivity contribution is 5.76. The third-order valence-electron chi connectivity index (χ3n) is 4.63. The monoisotopic (exact) mass is 448 g/mol. The van der Waals surface area contributed by atoms with Crippen LogP contribution in [0, 0.1) is 0 Å². The molecule has 1 atom stereocenters. The van der Waals surface area contributed by atoms with Crippen molar-refractivity contribution in [2.24, 2.45) is 0 Å². The van der Waals surface area contributed by atoms with E-state index in [0.29, 0.717) is 13.0 Å². The summed E-state index contributed by atoms with van der Waals surface area (Å²) in [5.41, 5.74) is 1.67. The van der Waals surface area contributed by atoms with Gasteiger partial charge in [-0.1, -0.05) is 36.4 Å². The lowest BCUT2D eigenvalue weighted by molar-refractivity contribution is -0.153. The van der Waals surface area contributed by atoms with E-state index in [4.69, 9.17) is 9.47 Å². The molecule has 1 N–H and O–H groups in total. The fraction of sp³-hybridized carbons (Fsp3) is 0.318. The molecule has 7 nitrogen and oxygen atoms in total. The van der Waals surface area contributed by atoms with Crippen molar-refractivity contribution in [3.8, 4) is 11.5 Å². The van der Waals surface area contributed by atoms with Crippen LogP contribution < -0.4 is 14.8 Å². The van der Waals surface area contributed by atoms with E-state index in [2.05, 4.69) is 15.4 Å². The van der Waals surface area contributed by atoms with E-state index in [0.717, 1.165) is 11.1 Å². The number of amides is 1. The number of aromatic nitrogens is 3. The molecule has 10 heteroatoms. The lowest BCUT2D eigenvalue weighted by Gasteiger charge is -2.19. The average Bonchev–Trinajstić information content (AvgIpc) is 3.29. The van der Waals surface area contributed by atoms with Crippen LogP contribution in [0.1, 0.15) is 23.6 Å². The smallest absolute Gasteiger partial charge is 0.422 e. The first kappa shape index (κ1) is 23.1. The quantitative estimate of drug-likeness (QED) is 0.512. The van der Waals surface area contributed by atoms with Gasteiger partial charge in [-0.3, -0.25) is 9.48 Å². The minimum absolute atomic E-state index is 0.00463. The van der Waals surface area contributed by atoms with E-state index < -0.39 is 12.8 Å². The molecule has 0 aliphatic carbocycles. The Morgan fingerprint density at radius 1 is 1.16 bits per heavy atom. The molecule has 1 heterocycles. The number of rotatable bonds is 10. The zero-order valence-corrected chi connectivity index (χ0v) is 17.4. The number of hydrogen-bond donors (Lipinski definition) is 1. The molecular formula is C22H23F3N4O3. The second-order valence-electron chi connectivity index (χ2n) is 7.04. The highest BCUT2D eigenvalue weighted by atomic mass is 19.4. The summed E-state index contributed by atoms with van der Waals surface area (Å²) in [5.74, 6) is 0.00540. The summed E-state index contributed by atoms with van der Waals surface area (Å²) in [6.07, 6.45) is -0.862. The van der Waals surface area contributed by atoms with Crippen LogP contribution in [0.15, 0.2) is 61.2 Å².